The lowest BCUT2D eigenvalue weighted by atomic mass is 9.33. The van der Waals surface area contributed by atoms with E-state index in [1.807, 2.05) is 6.92 Å². The number of hydrogen-bond donors (Lipinski definition) is 7. The number of aliphatic hydroxyl groups excluding tert-OH is 7. The molecule has 274 valence electrons. The van der Waals surface area contributed by atoms with Gasteiger partial charge in [0.15, 0.2) is 6.29 Å². The maximum atomic E-state index is 13.6. The second kappa shape index (κ2) is 12.0. The second-order valence-electron chi connectivity index (χ2n) is 18.2. The van der Waals surface area contributed by atoms with Crippen molar-refractivity contribution in [2.24, 2.45) is 50.2 Å². The molecule has 0 spiro atoms. The minimum Gasteiger partial charge on any atom is -0.468 e. The van der Waals surface area contributed by atoms with Gasteiger partial charge in [-0.15, -0.1) is 0 Å². The second-order valence-corrected chi connectivity index (χ2v) is 18.2. The fourth-order valence-electron chi connectivity index (χ4n) is 12.6. The summed E-state index contributed by atoms with van der Waals surface area (Å²) in [7, 11) is 1.42. The van der Waals surface area contributed by atoms with Gasteiger partial charge in [-0.3, -0.25) is 4.79 Å². The average molecular weight is 681 g/mol. The standard InChI is InChI=1S/C37H60O11/c1-32(2)12-13-37(31(45)46-7)20(14-32)19-8-9-24-33(3)15-21(40)29(48-30-28(44)27(43)26(42)22(17-38)47-30)34(4,18-39)23(33)10-11-35(24,5)36(19,6)16-25(37)41/h8,20-30,38-44H,9-18H2,1-7H3. The van der Waals surface area contributed by atoms with Crippen LogP contribution in [0.3, 0.4) is 0 Å². The van der Waals surface area contributed by atoms with Crippen LogP contribution in [0.2, 0.25) is 0 Å². The summed E-state index contributed by atoms with van der Waals surface area (Å²) in [5.74, 6) is -0.468. The van der Waals surface area contributed by atoms with Gasteiger partial charge in [0.25, 0.3) is 0 Å². The van der Waals surface area contributed by atoms with Crippen LogP contribution in [0.5, 0.6) is 0 Å². The summed E-state index contributed by atoms with van der Waals surface area (Å²) in [5.41, 5.74) is -1.80. The maximum absolute atomic E-state index is 13.6. The zero-order valence-corrected chi connectivity index (χ0v) is 29.8. The molecule has 1 saturated heterocycles. The molecule has 0 radical (unpaired) electrons. The summed E-state index contributed by atoms with van der Waals surface area (Å²) < 4.78 is 17.3. The molecular weight excluding hydrogens is 620 g/mol. The van der Waals surface area contributed by atoms with Crippen LogP contribution in [0.1, 0.15) is 92.9 Å². The van der Waals surface area contributed by atoms with Gasteiger partial charge in [0.1, 0.15) is 29.8 Å². The van der Waals surface area contributed by atoms with Crippen molar-refractivity contribution in [2.75, 3.05) is 20.3 Å². The smallest absolute Gasteiger partial charge is 0.315 e. The van der Waals surface area contributed by atoms with E-state index in [1.54, 1.807) is 0 Å². The maximum Gasteiger partial charge on any atom is 0.315 e. The highest BCUT2D eigenvalue weighted by Gasteiger charge is 2.72. The Morgan fingerprint density at radius 1 is 0.896 bits per heavy atom. The van der Waals surface area contributed by atoms with Crippen LogP contribution in [0.4, 0.5) is 0 Å². The predicted octanol–water partition coefficient (Wildman–Crippen LogP) is 2.06. The monoisotopic (exact) mass is 680 g/mol. The van der Waals surface area contributed by atoms with Crippen LogP contribution >= 0.6 is 0 Å². The van der Waals surface area contributed by atoms with Crippen LogP contribution in [-0.4, -0.2) is 111 Å². The summed E-state index contributed by atoms with van der Waals surface area (Å²) in [4.78, 5) is 13.6. The van der Waals surface area contributed by atoms with Crippen molar-refractivity contribution in [1.29, 1.82) is 0 Å². The van der Waals surface area contributed by atoms with Gasteiger partial charge in [-0.1, -0.05) is 53.2 Å². The van der Waals surface area contributed by atoms with Gasteiger partial charge in [0, 0.05) is 5.41 Å². The Morgan fingerprint density at radius 2 is 1.58 bits per heavy atom. The Morgan fingerprint density at radius 3 is 2.21 bits per heavy atom. The molecule has 16 atom stereocenters. The minimum atomic E-state index is -1.62. The molecule has 6 aliphatic rings. The third-order valence-corrected chi connectivity index (χ3v) is 15.4. The molecule has 0 aromatic carbocycles. The fourth-order valence-corrected chi connectivity index (χ4v) is 12.6. The molecule has 1 aliphatic heterocycles. The SMILES string of the molecule is COC(=O)C12CCC(C)(C)CC1C1=CCC3C4(C)CC(O)C(OC5OC(CO)C(O)C(O)C5O)C(C)(CO)C4CCC3(C)C1(C)CC2O. The van der Waals surface area contributed by atoms with Crippen molar-refractivity contribution >= 4 is 5.97 Å². The number of hydrogen-bond acceptors (Lipinski definition) is 11. The fraction of sp³-hybridized carbons (Fsp3) is 0.919. The molecule has 6 rings (SSSR count). The molecule has 0 aromatic heterocycles. The van der Waals surface area contributed by atoms with E-state index in [4.69, 9.17) is 14.2 Å². The minimum absolute atomic E-state index is 0.00870. The molecule has 7 N–H and O–H groups in total. The predicted molar refractivity (Wildman–Crippen MR) is 174 cm³/mol. The molecule has 48 heavy (non-hydrogen) atoms. The first-order valence-corrected chi connectivity index (χ1v) is 18.0. The molecule has 11 heteroatoms. The van der Waals surface area contributed by atoms with E-state index >= 15 is 0 Å². The van der Waals surface area contributed by atoms with Crippen molar-refractivity contribution in [3.8, 4) is 0 Å². The third kappa shape index (κ3) is 4.81. The lowest BCUT2D eigenvalue weighted by Gasteiger charge is -2.72. The van der Waals surface area contributed by atoms with E-state index in [9.17, 15) is 40.5 Å². The molecular formula is C37H60O11. The number of allylic oxidation sites excluding steroid dienone is 2. The first kappa shape index (κ1) is 36.6. The van der Waals surface area contributed by atoms with E-state index in [0.29, 0.717) is 19.3 Å². The summed E-state index contributed by atoms with van der Waals surface area (Å²) in [5, 5.41) is 76.2. The lowest BCUT2D eigenvalue weighted by molar-refractivity contribution is -0.345. The van der Waals surface area contributed by atoms with Crippen LogP contribution in [0.15, 0.2) is 11.6 Å². The number of rotatable bonds is 5. The lowest BCUT2D eigenvalue weighted by Crippen LogP contribution is -2.70. The van der Waals surface area contributed by atoms with E-state index in [0.717, 1.165) is 32.1 Å². The number of carbonyl (C=O) groups excluding carboxylic acids is 1. The highest BCUT2D eigenvalue weighted by atomic mass is 16.7. The molecule has 0 aromatic rings. The van der Waals surface area contributed by atoms with Crippen molar-refractivity contribution in [2.45, 2.75) is 142 Å². The quantitative estimate of drug-likeness (QED) is 0.128. The van der Waals surface area contributed by atoms with Crippen molar-refractivity contribution < 1.29 is 54.8 Å². The Kier molecular flexibility index (Phi) is 9.12. The van der Waals surface area contributed by atoms with Crippen LogP contribution in [0, 0.1) is 50.2 Å². The zero-order chi connectivity index (χ0) is 35.4. The summed E-state index contributed by atoms with van der Waals surface area (Å²) in [6, 6.07) is 0. The largest absolute Gasteiger partial charge is 0.468 e. The number of ether oxygens (including phenoxy) is 3. The summed E-state index contributed by atoms with van der Waals surface area (Å²) in [6.45, 7) is 12.3. The van der Waals surface area contributed by atoms with Crippen molar-refractivity contribution in [3.63, 3.8) is 0 Å². The molecule has 16 unspecified atom stereocenters. The molecule has 4 saturated carbocycles. The summed E-state index contributed by atoms with van der Waals surface area (Å²) >= 11 is 0. The normalized spacial score (nSPS) is 54.5. The molecule has 1 heterocycles. The third-order valence-electron chi connectivity index (χ3n) is 15.4. The Bertz CT molecular complexity index is 1290. The summed E-state index contributed by atoms with van der Waals surface area (Å²) in [6.07, 6.45) is -2.61. The molecule has 0 bridgehead atoms. The molecule has 5 fully saturated rings. The van der Waals surface area contributed by atoms with Gasteiger partial charge < -0.3 is 50.0 Å². The molecule has 0 amide bonds. The zero-order valence-electron chi connectivity index (χ0n) is 29.8. The van der Waals surface area contributed by atoms with Crippen LogP contribution in [0.25, 0.3) is 0 Å². The van der Waals surface area contributed by atoms with Crippen LogP contribution < -0.4 is 0 Å². The highest BCUT2D eigenvalue weighted by molar-refractivity contribution is 5.79. The number of carbonyl (C=O) groups is 1. The highest BCUT2D eigenvalue weighted by Crippen LogP contribution is 2.76. The number of methoxy groups -OCH3 is 1. The average Bonchev–Trinajstić information content (AvgIpc) is 3.02. The van der Waals surface area contributed by atoms with E-state index in [-0.39, 0.29) is 41.2 Å². The number of esters is 1. The van der Waals surface area contributed by atoms with Gasteiger partial charge in [0.2, 0.25) is 0 Å². The Labute approximate surface area is 284 Å². The topological polar surface area (TPSA) is 186 Å². The van der Waals surface area contributed by atoms with Crippen molar-refractivity contribution in [3.05, 3.63) is 11.6 Å². The number of aliphatic hydroxyl groups is 7. The van der Waals surface area contributed by atoms with Gasteiger partial charge in [0.05, 0.1) is 38.6 Å². The van der Waals surface area contributed by atoms with Gasteiger partial charge >= 0.3 is 5.97 Å². The van der Waals surface area contributed by atoms with E-state index in [2.05, 4.69) is 40.7 Å². The molecule has 5 aliphatic carbocycles. The van der Waals surface area contributed by atoms with Gasteiger partial charge in [-0.25, -0.2) is 0 Å². The first-order chi connectivity index (χ1) is 22.3. The first-order valence-electron chi connectivity index (χ1n) is 18.0. The van der Waals surface area contributed by atoms with Gasteiger partial charge in [-0.05, 0) is 90.8 Å². The molecule has 11 nitrogen and oxygen atoms in total. The van der Waals surface area contributed by atoms with Gasteiger partial charge in [-0.2, -0.15) is 0 Å². The van der Waals surface area contributed by atoms with Crippen molar-refractivity contribution in [1.82, 2.24) is 0 Å². The number of fused-ring (bicyclic) bond motifs is 7. The Hall–Kier alpha value is -1.15. The van der Waals surface area contributed by atoms with E-state index in [1.165, 1.54) is 12.7 Å². The Balaban J connectivity index is 1.36. The van der Waals surface area contributed by atoms with Crippen LogP contribution in [-0.2, 0) is 19.0 Å². The van der Waals surface area contributed by atoms with E-state index < -0.39 is 77.3 Å².